The SMILES string of the molecule is COCCOCCOCCC(=O)N[C@@H](CCCCNC(=O)OCC1c2ccccc2-c2ccccc21)C(=O)O. The second-order valence-electron chi connectivity index (χ2n) is 9.17. The quantitative estimate of drug-likeness (QED) is 0.244. The number of unbranched alkanes of at least 4 members (excludes halogenated alkanes) is 1. The van der Waals surface area contributed by atoms with Crippen LogP contribution in [0.3, 0.4) is 0 Å². The monoisotopic (exact) mass is 542 g/mol. The lowest BCUT2D eigenvalue weighted by atomic mass is 9.98. The number of rotatable bonds is 18. The van der Waals surface area contributed by atoms with Crippen LogP contribution in [0.5, 0.6) is 0 Å². The Bertz CT molecular complexity index is 1030. The molecule has 0 heterocycles. The normalized spacial score (nSPS) is 12.8. The van der Waals surface area contributed by atoms with Crippen LogP contribution in [0, 0.1) is 0 Å². The summed E-state index contributed by atoms with van der Waals surface area (Å²) in [6.45, 7) is 2.47. The molecule has 2 amide bonds. The maximum atomic E-state index is 12.3. The predicted molar refractivity (Wildman–Crippen MR) is 145 cm³/mol. The van der Waals surface area contributed by atoms with Gasteiger partial charge < -0.3 is 34.7 Å². The molecular formula is C29H38N2O8. The molecular weight excluding hydrogens is 504 g/mol. The Hall–Kier alpha value is -3.47. The van der Waals surface area contributed by atoms with E-state index in [1.807, 2.05) is 24.3 Å². The summed E-state index contributed by atoms with van der Waals surface area (Å²) in [6, 6.07) is 15.3. The Kier molecular flexibility index (Phi) is 12.7. The van der Waals surface area contributed by atoms with Crippen molar-refractivity contribution < 1.29 is 38.4 Å². The number of hydrogen-bond acceptors (Lipinski definition) is 7. The van der Waals surface area contributed by atoms with E-state index in [-0.39, 0.29) is 37.9 Å². The lowest BCUT2D eigenvalue weighted by Gasteiger charge is -2.15. The zero-order valence-corrected chi connectivity index (χ0v) is 22.4. The molecule has 2 aromatic rings. The molecule has 0 bridgehead atoms. The molecule has 1 aliphatic rings. The van der Waals surface area contributed by atoms with Gasteiger partial charge in [-0.1, -0.05) is 48.5 Å². The van der Waals surface area contributed by atoms with E-state index in [0.717, 1.165) is 22.3 Å². The van der Waals surface area contributed by atoms with E-state index < -0.39 is 18.1 Å². The number of hydrogen-bond donors (Lipinski definition) is 3. The minimum absolute atomic E-state index is 0.0114. The van der Waals surface area contributed by atoms with Gasteiger partial charge in [-0.2, -0.15) is 0 Å². The fraction of sp³-hybridized carbons (Fsp3) is 0.483. The number of aliphatic carboxylic acids is 1. The van der Waals surface area contributed by atoms with Crippen molar-refractivity contribution in [2.24, 2.45) is 0 Å². The molecule has 2 aromatic carbocycles. The fourth-order valence-corrected chi connectivity index (χ4v) is 4.47. The molecule has 10 nitrogen and oxygen atoms in total. The summed E-state index contributed by atoms with van der Waals surface area (Å²) in [5, 5.41) is 14.7. The molecule has 1 atom stereocenters. The van der Waals surface area contributed by atoms with Gasteiger partial charge in [-0.3, -0.25) is 4.79 Å². The first-order valence-corrected chi connectivity index (χ1v) is 13.3. The highest BCUT2D eigenvalue weighted by molar-refractivity contribution is 5.83. The summed E-state index contributed by atoms with van der Waals surface area (Å²) in [6.07, 6.45) is 0.864. The third-order valence-corrected chi connectivity index (χ3v) is 6.44. The van der Waals surface area contributed by atoms with Crippen LogP contribution in [-0.4, -0.2) is 82.4 Å². The van der Waals surface area contributed by atoms with Gasteiger partial charge in [0.1, 0.15) is 12.6 Å². The molecule has 0 spiro atoms. The van der Waals surface area contributed by atoms with Crippen molar-refractivity contribution in [3.05, 3.63) is 59.7 Å². The molecule has 10 heteroatoms. The Morgan fingerprint density at radius 3 is 2.13 bits per heavy atom. The predicted octanol–water partition coefficient (Wildman–Crippen LogP) is 3.33. The Morgan fingerprint density at radius 1 is 0.872 bits per heavy atom. The average molecular weight is 543 g/mol. The first-order valence-electron chi connectivity index (χ1n) is 13.3. The standard InChI is InChI=1S/C29H38N2O8/c1-36-16-17-38-19-18-37-15-13-27(32)31-26(28(33)34)12-6-7-14-30-29(35)39-20-25-23-10-4-2-8-21(23)22-9-3-5-11-24(22)25/h2-5,8-11,25-26H,6-7,12-20H2,1H3,(H,30,35)(H,31,32)(H,33,34)/t26-/m0/s1. The van der Waals surface area contributed by atoms with Gasteiger partial charge in [0, 0.05) is 26.0 Å². The number of nitrogens with one attached hydrogen (secondary N) is 2. The van der Waals surface area contributed by atoms with Crippen LogP contribution in [0.25, 0.3) is 11.1 Å². The molecule has 3 N–H and O–H groups in total. The molecule has 0 aliphatic heterocycles. The van der Waals surface area contributed by atoms with Crippen LogP contribution in [0.15, 0.2) is 48.5 Å². The Labute approximate surface area is 229 Å². The van der Waals surface area contributed by atoms with Gasteiger partial charge in [-0.05, 0) is 41.5 Å². The van der Waals surface area contributed by atoms with Crippen molar-refractivity contribution in [1.29, 1.82) is 0 Å². The molecule has 0 radical (unpaired) electrons. The Balaban J connectivity index is 1.28. The second-order valence-corrected chi connectivity index (χ2v) is 9.17. The van der Waals surface area contributed by atoms with E-state index in [2.05, 4.69) is 34.9 Å². The maximum absolute atomic E-state index is 12.3. The second kappa shape index (κ2) is 16.5. The molecule has 0 saturated heterocycles. The van der Waals surface area contributed by atoms with Crippen LogP contribution in [0.2, 0.25) is 0 Å². The van der Waals surface area contributed by atoms with Crippen LogP contribution >= 0.6 is 0 Å². The van der Waals surface area contributed by atoms with Crippen molar-refractivity contribution >= 4 is 18.0 Å². The van der Waals surface area contributed by atoms with Gasteiger partial charge in [0.15, 0.2) is 0 Å². The highest BCUT2D eigenvalue weighted by atomic mass is 16.5. The minimum Gasteiger partial charge on any atom is -0.480 e. The van der Waals surface area contributed by atoms with Gasteiger partial charge in [0.25, 0.3) is 0 Å². The number of ether oxygens (including phenoxy) is 4. The first-order chi connectivity index (χ1) is 19.0. The highest BCUT2D eigenvalue weighted by Gasteiger charge is 2.29. The third kappa shape index (κ3) is 9.65. The van der Waals surface area contributed by atoms with Gasteiger partial charge >= 0.3 is 12.1 Å². The van der Waals surface area contributed by atoms with Crippen molar-refractivity contribution in [3.63, 3.8) is 0 Å². The van der Waals surface area contributed by atoms with Gasteiger partial charge in [0.2, 0.25) is 5.91 Å². The number of amides is 2. The maximum Gasteiger partial charge on any atom is 0.407 e. The largest absolute Gasteiger partial charge is 0.480 e. The van der Waals surface area contributed by atoms with E-state index in [0.29, 0.717) is 45.8 Å². The Morgan fingerprint density at radius 2 is 1.49 bits per heavy atom. The average Bonchev–Trinajstić information content (AvgIpc) is 3.26. The zero-order valence-electron chi connectivity index (χ0n) is 22.4. The summed E-state index contributed by atoms with van der Waals surface area (Å²) in [5.41, 5.74) is 4.62. The van der Waals surface area contributed by atoms with Crippen molar-refractivity contribution in [2.45, 2.75) is 37.6 Å². The number of carbonyl (C=O) groups is 3. The van der Waals surface area contributed by atoms with Gasteiger partial charge in [0.05, 0.1) is 33.0 Å². The van der Waals surface area contributed by atoms with Crippen LogP contribution in [0.4, 0.5) is 4.79 Å². The summed E-state index contributed by atoms with van der Waals surface area (Å²) in [5.74, 6) is -1.50. The summed E-state index contributed by atoms with van der Waals surface area (Å²) >= 11 is 0. The van der Waals surface area contributed by atoms with Gasteiger partial charge in [-0.15, -0.1) is 0 Å². The van der Waals surface area contributed by atoms with Crippen LogP contribution < -0.4 is 10.6 Å². The van der Waals surface area contributed by atoms with E-state index in [1.54, 1.807) is 7.11 Å². The lowest BCUT2D eigenvalue weighted by molar-refractivity contribution is -0.142. The lowest BCUT2D eigenvalue weighted by Crippen LogP contribution is -2.41. The first kappa shape index (κ1) is 30.1. The number of benzene rings is 2. The molecule has 0 saturated carbocycles. The molecule has 0 aromatic heterocycles. The highest BCUT2D eigenvalue weighted by Crippen LogP contribution is 2.44. The topological polar surface area (TPSA) is 132 Å². The number of carbonyl (C=O) groups excluding carboxylic acids is 2. The molecule has 212 valence electrons. The molecule has 39 heavy (non-hydrogen) atoms. The van der Waals surface area contributed by atoms with Crippen molar-refractivity contribution in [2.75, 3.05) is 53.3 Å². The van der Waals surface area contributed by atoms with E-state index >= 15 is 0 Å². The van der Waals surface area contributed by atoms with Crippen LogP contribution in [-0.2, 0) is 28.5 Å². The number of alkyl carbamates (subject to hydrolysis) is 1. The van der Waals surface area contributed by atoms with Crippen LogP contribution in [0.1, 0.15) is 42.7 Å². The van der Waals surface area contributed by atoms with E-state index in [4.69, 9.17) is 18.9 Å². The zero-order chi connectivity index (χ0) is 27.9. The fourth-order valence-electron chi connectivity index (χ4n) is 4.47. The number of carboxylic acid groups (broad SMARTS) is 1. The molecule has 3 rings (SSSR count). The van der Waals surface area contributed by atoms with E-state index in [9.17, 15) is 19.5 Å². The third-order valence-electron chi connectivity index (χ3n) is 6.44. The summed E-state index contributed by atoms with van der Waals surface area (Å²) in [4.78, 5) is 35.9. The number of fused-ring (bicyclic) bond motifs is 3. The van der Waals surface area contributed by atoms with E-state index in [1.165, 1.54) is 0 Å². The number of methoxy groups -OCH3 is 1. The van der Waals surface area contributed by atoms with Crippen molar-refractivity contribution in [3.8, 4) is 11.1 Å². The minimum atomic E-state index is -1.10. The molecule has 0 unspecified atom stereocenters. The summed E-state index contributed by atoms with van der Waals surface area (Å²) in [7, 11) is 1.59. The number of carboxylic acids is 1. The molecule has 1 aliphatic carbocycles. The van der Waals surface area contributed by atoms with Gasteiger partial charge in [-0.25, -0.2) is 9.59 Å². The smallest absolute Gasteiger partial charge is 0.407 e. The van der Waals surface area contributed by atoms with Crippen molar-refractivity contribution in [1.82, 2.24) is 10.6 Å². The molecule has 0 fully saturated rings. The summed E-state index contributed by atoms with van der Waals surface area (Å²) < 4.78 is 21.0.